The van der Waals surface area contributed by atoms with Gasteiger partial charge >= 0.3 is 5.97 Å². The first-order chi connectivity index (χ1) is 20.5. The zero-order valence-corrected chi connectivity index (χ0v) is 23.8. The highest BCUT2D eigenvalue weighted by Crippen LogP contribution is 2.28. The standard InChI is InChI=1S/C29H28ClN5O8/c1-15-12-17(30)25-20(13-15)33-28(43-25)24(39)19(14-23(37)38)32-27(41)21-8-5-11-34-22(36)10-9-18(29(42)35(21)34)31-26(40)16-6-3-2-4-7-16/h2-4,6-7,12-13,18-19,21H,5,8-11,14H2,1H3,(H,31,40)(H,32,41)(H,37,38)/t18-,19-,21-/m0/s1. The molecule has 3 aromatic rings. The van der Waals surface area contributed by atoms with E-state index in [0.717, 1.165) is 10.6 Å². The second-order valence-electron chi connectivity index (χ2n) is 10.4. The SMILES string of the molecule is Cc1cc(Cl)c2oc(C(=O)[C@H](CC(=O)O)NC(=O)[C@@H]3CCCN4C(=O)CC[C@H](NC(=O)c5ccccc5)C(=O)N34)nc2c1. The molecule has 0 unspecified atom stereocenters. The molecule has 3 N–H and O–H groups in total. The van der Waals surface area contributed by atoms with Crippen molar-refractivity contribution in [2.24, 2.45) is 0 Å². The minimum absolute atomic E-state index is 0.0253. The van der Waals surface area contributed by atoms with Gasteiger partial charge in [-0.15, -0.1) is 0 Å². The first kappa shape index (κ1) is 29.7. The molecule has 2 aliphatic heterocycles. The van der Waals surface area contributed by atoms with Crippen LogP contribution in [0.3, 0.4) is 0 Å². The van der Waals surface area contributed by atoms with E-state index in [1.165, 1.54) is 5.01 Å². The number of amides is 4. The summed E-state index contributed by atoms with van der Waals surface area (Å²) < 4.78 is 5.53. The number of fused-ring (bicyclic) bond motifs is 2. The van der Waals surface area contributed by atoms with Crippen molar-refractivity contribution in [2.75, 3.05) is 6.54 Å². The van der Waals surface area contributed by atoms with Gasteiger partial charge in [-0.1, -0.05) is 29.8 Å². The first-order valence-corrected chi connectivity index (χ1v) is 14.0. The smallest absolute Gasteiger partial charge is 0.305 e. The molecule has 4 amide bonds. The number of aryl methyl sites for hydroxylation is 1. The first-order valence-electron chi connectivity index (χ1n) is 13.7. The maximum atomic E-state index is 13.7. The Morgan fingerprint density at radius 3 is 2.60 bits per heavy atom. The van der Waals surface area contributed by atoms with Gasteiger partial charge in [0.25, 0.3) is 17.7 Å². The van der Waals surface area contributed by atoms with E-state index in [0.29, 0.717) is 12.0 Å². The van der Waals surface area contributed by atoms with Crippen molar-refractivity contribution in [3.8, 4) is 0 Å². The van der Waals surface area contributed by atoms with Gasteiger partial charge in [0.05, 0.1) is 11.4 Å². The minimum Gasteiger partial charge on any atom is -0.481 e. The van der Waals surface area contributed by atoms with Gasteiger partial charge in [-0.05, 0) is 56.0 Å². The zero-order valence-electron chi connectivity index (χ0n) is 23.0. The monoisotopic (exact) mass is 609 g/mol. The predicted molar refractivity (Wildman–Crippen MR) is 151 cm³/mol. The number of carboxylic acid groups (broad SMARTS) is 1. The molecule has 43 heavy (non-hydrogen) atoms. The fourth-order valence-corrected chi connectivity index (χ4v) is 5.57. The Morgan fingerprint density at radius 2 is 1.88 bits per heavy atom. The van der Waals surface area contributed by atoms with Crippen molar-refractivity contribution in [3.63, 3.8) is 0 Å². The van der Waals surface area contributed by atoms with Crippen molar-refractivity contribution < 1.29 is 38.3 Å². The zero-order chi connectivity index (χ0) is 30.8. The van der Waals surface area contributed by atoms with Crippen molar-refractivity contribution in [1.82, 2.24) is 25.6 Å². The molecule has 224 valence electrons. The molecular weight excluding hydrogens is 582 g/mol. The third kappa shape index (κ3) is 6.21. The molecule has 2 fully saturated rings. The average molecular weight is 610 g/mol. The lowest BCUT2D eigenvalue weighted by molar-refractivity contribution is -0.176. The predicted octanol–water partition coefficient (Wildman–Crippen LogP) is 2.26. The minimum atomic E-state index is -1.60. The summed E-state index contributed by atoms with van der Waals surface area (Å²) in [4.78, 5) is 82.3. The number of hydrogen-bond donors (Lipinski definition) is 3. The molecule has 13 nitrogen and oxygen atoms in total. The summed E-state index contributed by atoms with van der Waals surface area (Å²) in [6.45, 7) is 1.95. The third-order valence-corrected chi connectivity index (χ3v) is 7.60. The van der Waals surface area contributed by atoms with Crippen LogP contribution in [0.15, 0.2) is 46.9 Å². The van der Waals surface area contributed by atoms with E-state index in [1.807, 2.05) is 0 Å². The highest BCUT2D eigenvalue weighted by atomic mass is 35.5. The number of oxazole rings is 1. The van der Waals surface area contributed by atoms with E-state index in [2.05, 4.69) is 15.6 Å². The summed E-state index contributed by atoms with van der Waals surface area (Å²) in [7, 11) is 0. The molecule has 2 saturated heterocycles. The second kappa shape index (κ2) is 12.2. The Kier molecular flexibility index (Phi) is 8.44. The van der Waals surface area contributed by atoms with Gasteiger partial charge in [0.15, 0.2) is 5.58 Å². The molecule has 5 rings (SSSR count). The number of carboxylic acids is 1. The highest BCUT2D eigenvalue weighted by molar-refractivity contribution is 6.34. The number of rotatable bonds is 8. The molecule has 0 bridgehead atoms. The molecule has 0 radical (unpaired) electrons. The van der Waals surface area contributed by atoms with Gasteiger partial charge in [0, 0.05) is 18.5 Å². The number of nitrogens with zero attached hydrogens (tertiary/aromatic N) is 3. The molecule has 1 aromatic heterocycles. The van der Waals surface area contributed by atoms with E-state index in [1.54, 1.807) is 49.4 Å². The van der Waals surface area contributed by atoms with Gasteiger partial charge in [0.2, 0.25) is 17.6 Å². The van der Waals surface area contributed by atoms with E-state index >= 15 is 0 Å². The normalized spacial score (nSPS) is 19.4. The third-order valence-electron chi connectivity index (χ3n) is 7.32. The van der Waals surface area contributed by atoms with E-state index < -0.39 is 65.8 Å². The summed E-state index contributed by atoms with van der Waals surface area (Å²) in [6.07, 6.45) is -0.315. The fourth-order valence-electron chi connectivity index (χ4n) is 5.27. The number of Topliss-reactive ketones (excluding diaryl/α,β-unsaturated/α-hetero) is 1. The Balaban J connectivity index is 1.39. The molecule has 2 aliphatic rings. The molecular formula is C29H28ClN5O8. The summed E-state index contributed by atoms with van der Waals surface area (Å²) in [5, 5.41) is 17.0. The lowest BCUT2D eigenvalue weighted by Gasteiger charge is -2.43. The van der Waals surface area contributed by atoms with Crippen LogP contribution in [0.1, 0.15) is 58.7 Å². The van der Waals surface area contributed by atoms with E-state index in [9.17, 15) is 33.9 Å². The van der Waals surface area contributed by atoms with Gasteiger partial charge < -0.3 is 20.2 Å². The number of aliphatic carboxylic acids is 1. The van der Waals surface area contributed by atoms with Crippen molar-refractivity contribution in [3.05, 3.63) is 64.5 Å². The lowest BCUT2D eigenvalue weighted by Crippen LogP contribution is -2.64. The van der Waals surface area contributed by atoms with Crippen LogP contribution in [0, 0.1) is 6.92 Å². The lowest BCUT2D eigenvalue weighted by atomic mass is 10.0. The molecule has 0 saturated carbocycles. The van der Waals surface area contributed by atoms with Gasteiger partial charge in [0.1, 0.15) is 23.6 Å². The van der Waals surface area contributed by atoms with Crippen LogP contribution in [0.5, 0.6) is 0 Å². The fraction of sp³-hybridized carbons (Fsp3) is 0.345. The van der Waals surface area contributed by atoms with Crippen LogP contribution in [-0.4, -0.2) is 80.2 Å². The molecule has 0 aliphatic carbocycles. The number of halogens is 1. The number of nitrogens with one attached hydrogen (secondary N) is 2. The number of carbonyl (C=O) groups excluding carboxylic acids is 5. The van der Waals surface area contributed by atoms with E-state index in [-0.39, 0.29) is 41.9 Å². The van der Waals surface area contributed by atoms with Crippen LogP contribution >= 0.6 is 11.6 Å². The maximum absolute atomic E-state index is 13.7. The molecule has 0 spiro atoms. The average Bonchev–Trinajstić information content (AvgIpc) is 3.37. The van der Waals surface area contributed by atoms with Crippen LogP contribution < -0.4 is 10.6 Å². The van der Waals surface area contributed by atoms with Crippen molar-refractivity contribution >= 4 is 58.1 Å². The highest BCUT2D eigenvalue weighted by Gasteiger charge is 2.45. The Labute approximate surface area is 250 Å². The Morgan fingerprint density at radius 1 is 1.14 bits per heavy atom. The summed E-state index contributed by atoms with van der Waals surface area (Å²) in [5.74, 6) is -5.15. The molecule has 14 heteroatoms. The van der Waals surface area contributed by atoms with Gasteiger partial charge in [-0.2, -0.15) is 0 Å². The molecule has 3 atom stereocenters. The summed E-state index contributed by atoms with van der Waals surface area (Å²) in [6, 6.07) is 7.55. The molecule has 2 aromatic carbocycles. The number of benzene rings is 2. The number of hydrogen-bond acceptors (Lipinski definition) is 8. The number of hydrazine groups is 1. The summed E-state index contributed by atoms with van der Waals surface area (Å²) >= 11 is 6.21. The number of ketones is 1. The second-order valence-corrected chi connectivity index (χ2v) is 10.8. The van der Waals surface area contributed by atoms with Crippen LogP contribution in [-0.2, 0) is 19.2 Å². The molecule has 3 heterocycles. The van der Waals surface area contributed by atoms with Crippen LogP contribution in [0.2, 0.25) is 5.02 Å². The van der Waals surface area contributed by atoms with E-state index in [4.69, 9.17) is 16.0 Å². The van der Waals surface area contributed by atoms with Crippen molar-refractivity contribution in [2.45, 2.75) is 57.2 Å². The van der Waals surface area contributed by atoms with Crippen LogP contribution in [0.4, 0.5) is 0 Å². The van der Waals surface area contributed by atoms with Gasteiger partial charge in [-0.25, -0.2) is 9.99 Å². The summed E-state index contributed by atoms with van der Waals surface area (Å²) in [5.41, 5.74) is 1.50. The quantitative estimate of drug-likeness (QED) is 0.323. The largest absolute Gasteiger partial charge is 0.481 e. The number of aromatic nitrogens is 1. The van der Waals surface area contributed by atoms with Gasteiger partial charge in [-0.3, -0.25) is 33.8 Å². The topological polar surface area (TPSA) is 179 Å². The van der Waals surface area contributed by atoms with Crippen molar-refractivity contribution in [1.29, 1.82) is 0 Å². The Hall–Kier alpha value is -4.78. The Bertz CT molecular complexity index is 1620. The van der Waals surface area contributed by atoms with Crippen LogP contribution in [0.25, 0.3) is 11.1 Å². The maximum Gasteiger partial charge on any atom is 0.305 e. The number of carbonyl (C=O) groups is 6.